The second kappa shape index (κ2) is 2.35. The lowest BCUT2D eigenvalue weighted by atomic mass is 10.1. The molecule has 0 saturated carbocycles. The molecule has 1 aromatic carbocycles. The van der Waals surface area contributed by atoms with Crippen LogP contribution >= 0.6 is 0 Å². The summed E-state index contributed by atoms with van der Waals surface area (Å²) in [5.74, 6) is 0. The normalized spacial score (nSPS) is 10.3. The van der Waals surface area contributed by atoms with Crippen molar-refractivity contribution in [3.05, 3.63) is 42.1 Å². The van der Waals surface area contributed by atoms with Gasteiger partial charge in [0.1, 0.15) is 0 Å². The molecule has 0 amide bonds. The zero-order chi connectivity index (χ0) is 7.68. The summed E-state index contributed by atoms with van der Waals surface area (Å²) in [5.41, 5.74) is 2.26. The summed E-state index contributed by atoms with van der Waals surface area (Å²) in [5, 5.41) is 1.16. The van der Waals surface area contributed by atoms with Crippen molar-refractivity contribution in [2.24, 2.45) is 0 Å². The van der Waals surface area contributed by atoms with Crippen molar-refractivity contribution in [3.63, 3.8) is 0 Å². The van der Waals surface area contributed by atoms with Gasteiger partial charge < -0.3 is 0 Å². The Hall–Kier alpha value is -1.37. The predicted octanol–water partition coefficient (Wildman–Crippen LogP) is 2.34. The Labute approximate surface area is 65.7 Å². The predicted molar refractivity (Wildman–Crippen MR) is 45.3 cm³/mol. The van der Waals surface area contributed by atoms with E-state index < -0.39 is 0 Å². The molecule has 1 heterocycles. The summed E-state index contributed by atoms with van der Waals surface area (Å²) >= 11 is 0. The lowest BCUT2D eigenvalue weighted by molar-refractivity contribution is 1.37. The van der Waals surface area contributed by atoms with E-state index in [-0.39, 0.29) is 0 Å². The summed E-state index contributed by atoms with van der Waals surface area (Å²) in [7, 11) is 0. The fraction of sp³-hybridized carbons (Fsp3) is 0.100. The molecule has 0 bridgehead atoms. The molecular formula is C10H8N. The molecule has 1 heteroatoms. The first kappa shape index (κ1) is 6.35. The van der Waals surface area contributed by atoms with E-state index in [9.17, 15) is 0 Å². The molecule has 0 fully saturated rings. The quantitative estimate of drug-likeness (QED) is 0.550. The van der Waals surface area contributed by atoms with E-state index in [1.165, 1.54) is 5.56 Å². The number of nitrogens with zero attached hydrogens (tertiary/aromatic N) is 1. The van der Waals surface area contributed by atoms with Crippen LogP contribution in [-0.2, 0) is 0 Å². The minimum Gasteiger partial charge on any atom is -0.256 e. The molecule has 0 saturated heterocycles. The number of hydrogen-bond acceptors (Lipinski definition) is 1. The molecule has 1 radical (unpaired) electrons. The van der Waals surface area contributed by atoms with Gasteiger partial charge in [0.05, 0.1) is 5.52 Å². The van der Waals surface area contributed by atoms with Crippen LogP contribution in [0.4, 0.5) is 0 Å². The monoisotopic (exact) mass is 142 g/mol. The molecule has 2 rings (SSSR count). The molecule has 0 unspecified atom stereocenters. The van der Waals surface area contributed by atoms with Crippen molar-refractivity contribution < 1.29 is 0 Å². The van der Waals surface area contributed by atoms with E-state index in [1.54, 1.807) is 0 Å². The molecule has 1 aromatic heterocycles. The Morgan fingerprint density at radius 2 is 2.27 bits per heavy atom. The Balaban J connectivity index is 2.91. The maximum atomic E-state index is 4.26. The number of hydrogen-bond donors (Lipinski definition) is 0. The molecule has 11 heavy (non-hydrogen) atoms. The fourth-order valence-electron chi connectivity index (χ4n) is 1.19. The van der Waals surface area contributed by atoms with E-state index in [0.717, 1.165) is 10.9 Å². The van der Waals surface area contributed by atoms with Crippen LogP contribution in [0.2, 0.25) is 0 Å². The van der Waals surface area contributed by atoms with Gasteiger partial charge in [0, 0.05) is 11.6 Å². The summed E-state index contributed by atoms with van der Waals surface area (Å²) in [6, 6.07) is 11.0. The van der Waals surface area contributed by atoms with Gasteiger partial charge in [-0.05, 0) is 36.8 Å². The first-order valence-electron chi connectivity index (χ1n) is 3.59. The van der Waals surface area contributed by atoms with Crippen LogP contribution in [-0.4, -0.2) is 4.98 Å². The number of aromatic nitrogens is 1. The van der Waals surface area contributed by atoms with Gasteiger partial charge in [0.2, 0.25) is 0 Å². The molecule has 0 aliphatic heterocycles. The average molecular weight is 142 g/mol. The van der Waals surface area contributed by atoms with Crippen LogP contribution in [0.25, 0.3) is 10.9 Å². The second-order valence-corrected chi connectivity index (χ2v) is 2.58. The molecule has 0 aliphatic carbocycles. The fourth-order valence-corrected chi connectivity index (χ4v) is 1.19. The minimum absolute atomic E-state index is 1.08. The number of fused-ring (bicyclic) bond motifs is 1. The molecule has 53 valence electrons. The molecule has 0 N–H and O–H groups in total. The van der Waals surface area contributed by atoms with Gasteiger partial charge in [-0.1, -0.05) is 6.07 Å². The van der Waals surface area contributed by atoms with Gasteiger partial charge in [-0.25, -0.2) is 0 Å². The summed E-state index contributed by atoms with van der Waals surface area (Å²) in [6.07, 6.45) is 1.81. The molecule has 0 aliphatic rings. The smallest absolute Gasteiger partial charge is 0.0731 e. The summed E-state index contributed by atoms with van der Waals surface area (Å²) in [4.78, 5) is 4.26. The standard InChI is InChI=1S/C10H8N/c1-8-4-2-5-9-6-3-7-11-10(8)9/h3-7H,1H3. The van der Waals surface area contributed by atoms with E-state index in [0.29, 0.717) is 0 Å². The first-order valence-corrected chi connectivity index (χ1v) is 3.59. The van der Waals surface area contributed by atoms with Crippen LogP contribution in [0.3, 0.4) is 0 Å². The maximum absolute atomic E-state index is 4.26. The Morgan fingerprint density at radius 3 is 3.09 bits per heavy atom. The van der Waals surface area contributed by atoms with Gasteiger partial charge in [-0.15, -0.1) is 0 Å². The van der Waals surface area contributed by atoms with Crippen molar-refractivity contribution in [3.8, 4) is 0 Å². The highest BCUT2D eigenvalue weighted by molar-refractivity contribution is 5.80. The lowest BCUT2D eigenvalue weighted by Gasteiger charge is -1.97. The first-order chi connectivity index (χ1) is 5.38. The van der Waals surface area contributed by atoms with Crippen LogP contribution in [0.15, 0.2) is 30.5 Å². The summed E-state index contributed by atoms with van der Waals surface area (Å²) in [6.45, 7) is 2.05. The van der Waals surface area contributed by atoms with Crippen molar-refractivity contribution >= 4 is 10.9 Å². The van der Waals surface area contributed by atoms with E-state index >= 15 is 0 Å². The number of benzene rings is 1. The Bertz CT molecular complexity index is 374. The largest absolute Gasteiger partial charge is 0.256 e. The van der Waals surface area contributed by atoms with Crippen molar-refractivity contribution in [1.29, 1.82) is 0 Å². The third-order valence-corrected chi connectivity index (χ3v) is 1.75. The molecule has 0 atom stereocenters. The SMILES string of the molecule is Cc1c[c]cc2cccnc12. The minimum atomic E-state index is 1.08. The van der Waals surface area contributed by atoms with Crippen LogP contribution in [0.1, 0.15) is 5.56 Å². The highest BCUT2D eigenvalue weighted by atomic mass is 14.6. The zero-order valence-corrected chi connectivity index (χ0v) is 6.33. The van der Waals surface area contributed by atoms with E-state index in [2.05, 4.69) is 11.1 Å². The third kappa shape index (κ3) is 0.984. The average Bonchev–Trinajstić information content (AvgIpc) is 2.06. The van der Waals surface area contributed by atoms with Gasteiger partial charge in [-0.2, -0.15) is 0 Å². The van der Waals surface area contributed by atoms with Gasteiger partial charge in [0.25, 0.3) is 0 Å². The maximum Gasteiger partial charge on any atom is 0.0731 e. The molecule has 0 spiro atoms. The van der Waals surface area contributed by atoms with Gasteiger partial charge >= 0.3 is 0 Å². The molecule has 1 nitrogen and oxygen atoms in total. The van der Waals surface area contributed by atoms with Crippen LogP contribution < -0.4 is 0 Å². The van der Waals surface area contributed by atoms with Crippen LogP contribution in [0, 0.1) is 13.0 Å². The topological polar surface area (TPSA) is 12.9 Å². The number of pyridine rings is 1. The molecular weight excluding hydrogens is 134 g/mol. The van der Waals surface area contributed by atoms with Crippen molar-refractivity contribution in [2.75, 3.05) is 0 Å². The zero-order valence-electron chi connectivity index (χ0n) is 6.33. The molecule has 2 aromatic rings. The van der Waals surface area contributed by atoms with Gasteiger partial charge in [-0.3, -0.25) is 4.98 Å². The highest BCUT2D eigenvalue weighted by Gasteiger charge is 1.94. The van der Waals surface area contributed by atoms with E-state index in [1.807, 2.05) is 37.4 Å². The number of rotatable bonds is 0. The van der Waals surface area contributed by atoms with Crippen molar-refractivity contribution in [2.45, 2.75) is 6.92 Å². The third-order valence-electron chi connectivity index (χ3n) is 1.75. The van der Waals surface area contributed by atoms with Crippen molar-refractivity contribution in [1.82, 2.24) is 4.98 Å². The Kier molecular flexibility index (Phi) is 1.35. The number of aryl methyl sites for hydroxylation is 1. The van der Waals surface area contributed by atoms with E-state index in [4.69, 9.17) is 0 Å². The summed E-state index contributed by atoms with van der Waals surface area (Å²) < 4.78 is 0. The van der Waals surface area contributed by atoms with Crippen LogP contribution in [0.5, 0.6) is 0 Å². The lowest BCUT2D eigenvalue weighted by Crippen LogP contribution is -1.80. The highest BCUT2D eigenvalue weighted by Crippen LogP contribution is 2.13. The van der Waals surface area contributed by atoms with Gasteiger partial charge in [0.15, 0.2) is 0 Å². The second-order valence-electron chi connectivity index (χ2n) is 2.58. The Morgan fingerprint density at radius 1 is 1.36 bits per heavy atom.